The Kier molecular flexibility index (Phi) is 5.88. The molecule has 1 saturated carbocycles. The van der Waals surface area contributed by atoms with Crippen molar-refractivity contribution in [3.63, 3.8) is 0 Å². The van der Waals surface area contributed by atoms with Crippen molar-refractivity contribution < 1.29 is 9.59 Å². The molecule has 5 nitrogen and oxygen atoms in total. The lowest BCUT2D eigenvalue weighted by Gasteiger charge is -2.26. The van der Waals surface area contributed by atoms with Crippen molar-refractivity contribution in [2.45, 2.75) is 25.7 Å². The maximum absolute atomic E-state index is 12.9. The predicted molar refractivity (Wildman–Crippen MR) is 103 cm³/mol. The second-order valence-corrected chi connectivity index (χ2v) is 7.71. The molecule has 1 aromatic rings. The van der Waals surface area contributed by atoms with E-state index >= 15 is 0 Å². The van der Waals surface area contributed by atoms with Gasteiger partial charge in [-0.25, -0.2) is 0 Å². The highest BCUT2D eigenvalue weighted by Crippen LogP contribution is 2.59. The average molecular weight is 378 g/mol. The van der Waals surface area contributed by atoms with E-state index in [9.17, 15) is 9.59 Å². The van der Waals surface area contributed by atoms with Gasteiger partial charge in [0, 0.05) is 37.7 Å². The first kappa shape index (κ1) is 19.2. The van der Waals surface area contributed by atoms with Crippen molar-refractivity contribution in [3.05, 3.63) is 35.9 Å². The predicted octanol–water partition coefficient (Wildman–Crippen LogP) is 2.17. The minimum absolute atomic E-state index is 0. The second kappa shape index (κ2) is 7.97. The molecule has 142 valence electrons. The molecule has 1 aromatic carbocycles. The van der Waals surface area contributed by atoms with Crippen LogP contribution in [0.5, 0.6) is 0 Å². The minimum atomic E-state index is 0. The number of amides is 2. The topological polar surface area (TPSA) is 52.7 Å². The van der Waals surface area contributed by atoms with Gasteiger partial charge in [0.2, 0.25) is 5.91 Å². The van der Waals surface area contributed by atoms with Gasteiger partial charge in [-0.1, -0.05) is 18.2 Å². The number of nitrogens with zero attached hydrogens (tertiary/aromatic N) is 2. The summed E-state index contributed by atoms with van der Waals surface area (Å²) in [7, 11) is 0. The smallest absolute Gasteiger partial charge is 0.253 e. The van der Waals surface area contributed by atoms with Crippen LogP contribution in [0, 0.1) is 11.3 Å². The number of halogens is 1. The zero-order valence-electron chi connectivity index (χ0n) is 15.2. The van der Waals surface area contributed by atoms with Crippen molar-refractivity contribution in [2.24, 2.45) is 11.3 Å². The van der Waals surface area contributed by atoms with E-state index in [0.29, 0.717) is 19.0 Å². The maximum Gasteiger partial charge on any atom is 0.253 e. The third-order valence-corrected chi connectivity index (χ3v) is 6.20. The molecule has 3 fully saturated rings. The van der Waals surface area contributed by atoms with Crippen LogP contribution < -0.4 is 5.32 Å². The van der Waals surface area contributed by atoms with Gasteiger partial charge in [0.25, 0.3) is 5.91 Å². The van der Waals surface area contributed by atoms with E-state index in [-0.39, 0.29) is 29.6 Å². The van der Waals surface area contributed by atoms with Gasteiger partial charge in [-0.3, -0.25) is 9.59 Å². The molecule has 2 aliphatic heterocycles. The van der Waals surface area contributed by atoms with Crippen LogP contribution in [0.25, 0.3) is 0 Å². The van der Waals surface area contributed by atoms with Crippen LogP contribution in [-0.2, 0) is 4.79 Å². The average Bonchev–Trinajstić information content (AvgIpc) is 3.40. The van der Waals surface area contributed by atoms with Crippen molar-refractivity contribution in [1.29, 1.82) is 0 Å². The Morgan fingerprint density at radius 1 is 0.962 bits per heavy atom. The number of carbonyl (C=O) groups is 2. The summed E-state index contributed by atoms with van der Waals surface area (Å²) >= 11 is 0. The first-order chi connectivity index (χ1) is 12.2. The first-order valence-electron chi connectivity index (χ1n) is 9.53. The second-order valence-electron chi connectivity index (χ2n) is 7.71. The van der Waals surface area contributed by atoms with Crippen LogP contribution in [-0.4, -0.2) is 60.9 Å². The SMILES string of the molecule is Cl.O=C(c1ccccc1)N1CCCN(C(=O)C2CC23CCNCC3)CC1. The normalized spacial score (nSPS) is 24.5. The van der Waals surface area contributed by atoms with Crippen LogP contribution in [0.3, 0.4) is 0 Å². The summed E-state index contributed by atoms with van der Waals surface area (Å²) in [6.45, 7) is 4.91. The maximum atomic E-state index is 12.9. The molecule has 1 N–H and O–H groups in total. The molecule has 1 unspecified atom stereocenters. The molecule has 2 heterocycles. The lowest BCUT2D eigenvalue weighted by molar-refractivity contribution is -0.133. The van der Waals surface area contributed by atoms with Crippen LogP contribution in [0.15, 0.2) is 30.3 Å². The van der Waals surface area contributed by atoms with Crippen molar-refractivity contribution in [1.82, 2.24) is 15.1 Å². The highest BCUT2D eigenvalue weighted by Gasteiger charge is 2.58. The van der Waals surface area contributed by atoms with E-state index in [2.05, 4.69) is 5.32 Å². The molecule has 1 spiro atoms. The lowest BCUT2D eigenvalue weighted by Crippen LogP contribution is -2.39. The first-order valence-corrected chi connectivity index (χ1v) is 9.53. The Morgan fingerprint density at radius 2 is 1.62 bits per heavy atom. The summed E-state index contributed by atoms with van der Waals surface area (Å²) < 4.78 is 0. The Balaban J connectivity index is 0.00000196. The Labute approximate surface area is 161 Å². The summed E-state index contributed by atoms with van der Waals surface area (Å²) in [4.78, 5) is 29.5. The van der Waals surface area contributed by atoms with Crippen LogP contribution in [0.1, 0.15) is 36.0 Å². The van der Waals surface area contributed by atoms with E-state index in [1.165, 1.54) is 0 Å². The third-order valence-electron chi connectivity index (χ3n) is 6.20. The minimum Gasteiger partial charge on any atom is -0.341 e. The number of nitrogens with one attached hydrogen (secondary N) is 1. The molecular weight excluding hydrogens is 350 g/mol. The monoisotopic (exact) mass is 377 g/mol. The number of rotatable bonds is 2. The van der Waals surface area contributed by atoms with E-state index < -0.39 is 0 Å². The fourth-order valence-corrected chi connectivity index (χ4v) is 4.50. The molecule has 2 saturated heterocycles. The molecule has 6 heteroatoms. The molecule has 1 atom stereocenters. The quantitative estimate of drug-likeness (QED) is 0.859. The zero-order chi connectivity index (χ0) is 17.3. The number of hydrogen-bond donors (Lipinski definition) is 1. The van der Waals surface area contributed by atoms with Crippen LogP contribution in [0.4, 0.5) is 0 Å². The van der Waals surface area contributed by atoms with E-state index in [4.69, 9.17) is 0 Å². The molecule has 0 radical (unpaired) electrons. The summed E-state index contributed by atoms with van der Waals surface area (Å²) in [5.41, 5.74) is 1.02. The van der Waals surface area contributed by atoms with Crippen molar-refractivity contribution in [2.75, 3.05) is 39.3 Å². The Bertz CT molecular complexity index is 646. The molecule has 0 aromatic heterocycles. The summed E-state index contributed by atoms with van der Waals surface area (Å²) in [5.74, 6) is 0.637. The standard InChI is InChI=1S/C20H27N3O2.ClH/c24-18(16-5-2-1-3-6-16)22-11-4-12-23(14-13-22)19(25)17-15-20(17)7-9-21-10-8-20;/h1-3,5-6,17,21H,4,7-15H2;1H. The number of benzene rings is 1. The van der Waals surface area contributed by atoms with Gasteiger partial charge < -0.3 is 15.1 Å². The van der Waals surface area contributed by atoms with E-state index in [1.807, 2.05) is 40.1 Å². The Morgan fingerprint density at radius 3 is 2.35 bits per heavy atom. The van der Waals surface area contributed by atoms with E-state index in [0.717, 1.165) is 57.4 Å². The zero-order valence-corrected chi connectivity index (χ0v) is 16.0. The molecule has 26 heavy (non-hydrogen) atoms. The molecule has 1 aliphatic carbocycles. The third kappa shape index (κ3) is 3.74. The van der Waals surface area contributed by atoms with Gasteiger partial charge in [-0.05, 0) is 56.3 Å². The van der Waals surface area contributed by atoms with Gasteiger partial charge in [0.1, 0.15) is 0 Å². The van der Waals surface area contributed by atoms with Crippen molar-refractivity contribution in [3.8, 4) is 0 Å². The number of piperidine rings is 1. The van der Waals surface area contributed by atoms with Crippen molar-refractivity contribution >= 4 is 24.2 Å². The van der Waals surface area contributed by atoms with E-state index in [1.54, 1.807) is 0 Å². The summed E-state index contributed by atoms with van der Waals surface area (Å²) in [5, 5.41) is 3.39. The molecule has 0 bridgehead atoms. The van der Waals surface area contributed by atoms with Gasteiger partial charge in [-0.15, -0.1) is 12.4 Å². The molecule has 3 aliphatic rings. The number of hydrogen-bond acceptors (Lipinski definition) is 3. The van der Waals surface area contributed by atoms with Gasteiger partial charge in [0.15, 0.2) is 0 Å². The fourth-order valence-electron chi connectivity index (χ4n) is 4.50. The van der Waals surface area contributed by atoms with Crippen LogP contribution in [0.2, 0.25) is 0 Å². The highest BCUT2D eigenvalue weighted by atomic mass is 35.5. The molecule has 4 rings (SSSR count). The van der Waals surface area contributed by atoms with Gasteiger partial charge >= 0.3 is 0 Å². The lowest BCUT2D eigenvalue weighted by atomic mass is 9.91. The summed E-state index contributed by atoms with van der Waals surface area (Å²) in [6, 6.07) is 9.44. The Hall–Kier alpha value is -1.59. The van der Waals surface area contributed by atoms with Gasteiger partial charge in [0.05, 0.1) is 0 Å². The van der Waals surface area contributed by atoms with Crippen LogP contribution >= 0.6 is 12.4 Å². The van der Waals surface area contributed by atoms with Gasteiger partial charge in [-0.2, -0.15) is 0 Å². The number of carbonyl (C=O) groups excluding carboxylic acids is 2. The molecular formula is C20H28ClN3O2. The highest BCUT2D eigenvalue weighted by molar-refractivity contribution is 5.94. The molecule has 2 amide bonds. The largest absolute Gasteiger partial charge is 0.341 e. The summed E-state index contributed by atoms with van der Waals surface area (Å²) in [6.07, 6.45) is 4.20. The fraction of sp³-hybridized carbons (Fsp3) is 0.600.